The molecule has 0 bridgehead atoms. The molecule has 1 N–H and O–H groups in total. The Morgan fingerprint density at radius 2 is 2.23 bits per heavy atom. The monoisotopic (exact) mass is 299 g/mol. The first-order chi connectivity index (χ1) is 10.7. The van der Waals surface area contributed by atoms with Crippen LogP contribution < -0.4 is 4.74 Å². The number of nitrogens with zero attached hydrogens (tertiary/aromatic N) is 2. The minimum Gasteiger partial charge on any atom is -0.497 e. The van der Waals surface area contributed by atoms with Crippen molar-refractivity contribution in [3.05, 3.63) is 36.0 Å². The number of ether oxygens (including phenoxy) is 1. The Bertz CT molecular complexity index is 665. The number of methoxy groups -OCH3 is 1. The van der Waals surface area contributed by atoms with E-state index in [1.54, 1.807) is 7.11 Å². The fourth-order valence-electron chi connectivity index (χ4n) is 2.92. The number of piperidine rings is 1. The number of carbonyl (C=O) groups excluding carboxylic acids is 1. The average Bonchev–Trinajstić information content (AvgIpc) is 3.05. The molecule has 1 saturated heterocycles. The third-order valence-corrected chi connectivity index (χ3v) is 4.24. The van der Waals surface area contributed by atoms with Gasteiger partial charge in [0, 0.05) is 18.2 Å². The van der Waals surface area contributed by atoms with E-state index in [2.05, 4.69) is 17.1 Å². The lowest BCUT2D eigenvalue weighted by Gasteiger charge is -2.32. The van der Waals surface area contributed by atoms with Gasteiger partial charge in [0.15, 0.2) is 0 Å². The first-order valence-corrected chi connectivity index (χ1v) is 7.70. The van der Waals surface area contributed by atoms with Crippen LogP contribution in [0, 0.1) is 0 Å². The predicted octanol–water partition coefficient (Wildman–Crippen LogP) is 3.10. The topological polar surface area (TPSA) is 58.2 Å². The van der Waals surface area contributed by atoms with Gasteiger partial charge < -0.3 is 9.64 Å². The number of hydrogen-bond acceptors (Lipinski definition) is 3. The summed E-state index contributed by atoms with van der Waals surface area (Å²) in [5.74, 6) is 0.812. The van der Waals surface area contributed by atoms with Gasteiger partial charge in [-0.2, -0.15) is 5.10 Å². The van der Waals surface area contributed by atoms with E-state index < -0.39 is 0 Å². The maximum atomic E-state index is 12.6. The van der Waals surface area contributed by atoms with Gasteiger partial charge in [0.1, 0.15) is 11.4 Å². The van der Waals surface area contributed by atoms with Crippen molar-refractivity contribution in [2.75, 3.05) is 13.7 Å². The van der Waals surface area contributed by atoms with E-state index in [9.17, 15) is 4.79 Å². The molecule has 1 amide bonds. The van der Waals surface area contributed by atoms with E-state index in [1.807, 2.05) is 35.2 Å². The number of nitrogens with one attached hydrogen (secondary N) is 1. The smallest absolute Gasteiger partial charge is 0.272 e. The van der Waals surface area contributed by atoms with E-state index in [4.69, 9.17) is 4.74 Å². The summed E-state index contributed by atoms with van der Waals surface area (Å²) in [6.45, 7) is 2.93. The molecule has 0 spiro atoms. The number of benzene rings is 1. The van der Waals surface area contributed by atoms with Crippen molar-refractivity contribution in [3.63, 3.8) is 0 Å². The highest BCUT2D eigenvalue weighted by atomic mass is 16.5. The van der Waals surface area contributed by atoms with E-state index in [0.717, 1.165) is 36.4 Å². The summed E-state index contributed by atoms with van der Waals surface area (Å²) in [6.07, 6.45) is 3.35. The molecule has 3 rings (SSSR count). The second kappa shape index (κ2) is 6.22. The minimum absolute atomic E-state index is 0.0360. The SMILES string of the molecule is COc1cccc(-c2cc(C(=O)N3CCCC[C@H]3C)[nH]n2)c1. The van der Waals surface area contributed by atoms with Gasteiger partial charge in [-0.15, -0.1) is 0 Å². The predicted molar refractivity (Wildman–Crippen MR) is 84.9 cm³/mol. The second-order valence-electron chi connectivity index (χ2n) is 5.74. The van der Waals surface area contributed by atoms with E-state index >= 15 is 0 Å². The Balaban J connectivity index is 1.82. The normalized spacial score (nSPS) is 18.3. The van der Waals surface area contributed by atoms with Gasteiger partial charge in [0.2, 0.25) is 0 Å². The number of aromatic nitrogens is 2. The highest BCUT2D eigenvalue weighted by Crippen LogP contribution is 2.24. The molecular formula is C17H21N3O2. The molecule has 22 heavy (non-hydrogen) atoms. The number of carbonyl (C=O) groups is 1. The highest BCUT2D eigenvalue weighted by Gasteiger charge is 2.25. The standard InChI is InChI=1S/C17H21N3O2/c1-12-6-3-4-9-20(12)17(21)16-11-15(18-19-16)13-7-5-8-14(10-13)22-2/h5,7-8,10-12H,3-4,6,9H2,1-2H3,(H,18,19)/t12-/m1/s1. The number of likely N-dealkylation sites (tertiary alicyclic amines) is 1. The van der Waals surface area contributed by atoms with Gasteiger partial charge >= 0.3 is 0 Å². The molecule has 2 heterocycles. The Morgan fingerprint density at radius 1 is 1.36 bits per heavy atom. The van der Waals surface area contributed by atoms with Crippen LogP contribution in [0.5, 0.6) is 5.75 Å². The Kier molecular flexibility index (Phi) is 4.13. The number of rotatable bonds is 3. The molecular weight excluding hydrogens is 278 g/mol. The van der Waals surface area contributed by atoms with Gasteiger partial charge in [0.25, 0.3) is 5.91 Å². The lowest BCUT2D eigenvalue weighted by molar-refractivity contribution is 0.0629. The lowest BCUT2D eigenvalue weighted by Crippen LogP contribution is -2.42. The quantitative estimate of drug-likeness (QED) is 0.947. The molecule has 1 aromatic carbocycles. The second-order valence-corrected chi connectivity index (χ2v) is 5.74. The van der Waals surface area contributed by atoms with Crippen LogP contribution in [0.3, 0.4) is 0 Å². The van der Waals surface area contributed by atoms with Gasteiger partial charge in [0.05, 0.1) is 12.8 Å². The van der Waals surface area contributed by atoms with Crippen molar-refractivity contribution in [1.29, 1.82) is 0 Å². The number of amides is 1. The molecule has 116 valence electrons. The van der Waals surface area contributed by atoms with E-state index in [1.165, 1.54) is 6.42 Å². The summed E-state index contributed by atoms with van der Waals surface area (Å²) in [5.41, 5.74) is 2.24. The molecule has 1 aliphatic heterocycles. The molecule has 1 aromatic heterocycles. The summed E-state index contributed by atoms with van der Waals surface area (Å²) in [5, 5.41) is 7.15. The van der Waals surface area contributed by atoms with Crippen LogP contribution in [0.4, 0.5) is 0 Å². The molecule has 2 aromatic rings. The minimum atomic E-state index is 0.0360. The average molecular weight is 299 g/mol. The third kappa shape index (κ3) is 2.84. The van der Waals surface area contributed by atoms with Crippen molar-refractivity contribution in [2.45, 2.75) is 32.2 Å². The fourth-order valence-corrected chi connectivity index (χ4v) is 2.92. The maximum Gasteiger partial charge on any atom is 0.272 e. The summed E-state index contributed by atoms with van der Waals surface area (Å²) < 4.78 is 5.23. The van der Waals surface area contributed by atoms with Crippen molar-refractivity contribution < 1.29 is 9.53 Å². The van der Waals surface area contributed by atoms with Gasteiger partial charge in [-0.1, -0.05) is 12.1 Å². The van der Waals surface area contributed by atoms with Gasteiger partial charge in [-0.3, -0.25) is 9.89 Å². The Labute approximate surface area is 130 Å². The van der Waals surface area contributed by atoms with Crippen molar-refractivity contribution in [2.24, 2.45) is 0 Å². The molecule has 1 fully saturated rings. The first-order valence-electron chi connectivity index (χ1n) is 7.70. The van der Waals surface area contributed by atoms with Crippen LogP contribution in [0.1, 0.15) is 36.7 Å². The molecule has 0 aliphatic carbocycles. The van der Waals surface area contributed by atoms with Gasteiger partial charge in [-0.05, 0) is 44.4 Å². The lowest BCUT2D eigenvalue weighted by atomic mass is 10.0. The third-order valence-electron chi connectivity index (χ3n) is 4.24. The molecule has 1 aliphatic rings. The molecule has 0 radical (unpaired) electrons. The maximum absolute atomic E-state index is 12.6. The largest absolute Gasteiger partial charge is 0.497 e. The first kappa shape index (κ1) is 14.6. The van der Waals surface area contributed by atoms with Crippen molar-refractivity contribution in [3.8, 4) is 17.0 Å². The number of H-pyrrole nitrogens is 1. The number of hydrogen-bond donors (Lipinski definition) is 1. The van der Waals surface area contributed by atoms with Crippen molar-refractivity contribution >= 4 is 5.91 Å². The zero-order chi connectivity index (χ0) is 15.5. The van der Waals surface area contributed by atoms with E-state index in [0.29, 0.717) is 11.7 Å². The van der Waals surface area contributed by atoms with Gasteiger partial charge in [-0.25, -0.2) is 0 Å². The summed E-state index contributed by atoms with van der Waals surface area (Å²) in [4.78, 5) is 14.5. The fraction of sp³-hybridized carbons (Fsp3) is 0.412. The van der Waals surface area contributed by atoms with Crippen LogP contribution in [-0.2, 0) is 0 Å². The molecule has 0 saturated carbocycles. The van der Waals surface area contributed by atoms with Crippen molar-refractivity contribution in [1.82, 2.24) is 15.1 Å². The zero-order valence-electron chi connectivity index (χ0n) is 13.0. The summed E-state index contributed by atoms with van der Waals surface area (Å²) in [7, 11) is 1.64. The number of aromatic amines is 1. The zero-order valence-corrected chi connectivity index (χ0v) is 13.0. The molecule has 0 unspecified atom stereocenters. The van der Waals surface area contributed by atoms with Crippen LogP contribution in [0.2, 0.25) is 0 Å². The van der Waals surface area contributed by atoms with Crippen LogP contribution in [0.15, 0.2) is 30.3 Å². The van der Waals surface area contributed by atoms with Crippen LogP contribution in [-0.4, -0.2) is 40.7 Å². The molecule has 1 atom stereocenters. The Morgan fingerprint density at radius 3 is 3.00 bits per heavy atom. The Hall–Kier alpha value is -2.30. The summed E-state index contributed by atoms with van der Waals surface area (Å²) in [6, 6.07) is 9.78. The van der Waals surface area contributed by atoms with Crippen LogP contribution >= 0.6 is 0 Å². The summed E-state index contributed by atoms with van der Waals surface area (Å²) >= 11 is 0. The van der Waals surface area contributed by atoms with Crippen LogP contribution in [0.25, 0.3) is 11.3 Å². The molecule has 5 heteroatoms. The highest BCUT2D eigenvalue weighted by molar-refractivity contribution is 5.93. The van der Waals surface area contributed by atoms with E-state index in [-0.39, 0.29) is 5.91 Å². The molecule has 5 nitrogen and oxygen atoms in total.